The summed E-state index contributed by atoms with van der Waals surface area (Å²) in [6, 6.07) is 0. The molecule has 1 aromatic heterocycles. The Hall–Kier alpha value is -0.670. The fraction of sp³-hybridized carbons (Fsp3) is 0.500. The number of rotatable bonds is 4. The van der Waals surface area contributed by atoms with Crippen molar-refractivity contribution in [1.29, 1.82) is 0 Å². The van der Waals surface area contributed by atoms with Crippen LogP contribution in [0.4, 0.5) is 0 Å². The highest BCUT2D eigenvalue weighted by Crippen LogP contribution is 2.20. The minimum Gasteiger partial charge on any atom is -0.309 e. The molecule has 0 aliphatic carbocycles. The van der Waals surface area contributed by atoms with E-state index < -0.39 is 0 Å². The third-order valence-electron chi connectivity index (χ3n) is 2.05. The lowest BCUT2D eigenvalue weighted by atomic mass is 10.1. The molecule has 0 atom stereocenters. The molecule has 0 aliphatic rings. The van der Waals surface area contributed by atoms with Crippen molar-refractivity contribution < 1.29 is 4.79 Å². The van der Waals surface area contributed by atoms with Crippen LogP contribution in [-0.2, 0) is 6.42 Å². The van der Waals surface area contributed by atoms with E-state index in [9.17, 15) is 4.79 Å². The van der Waals surface area contributed by atoms with Crippen LogP contribution in [0.15, 0.2) is 5.38 Å². The van der Waals surface area contributed by atoms with E-state index in [0.717, 1.165) is 24.1 Å². The average Bonchev–Trinajstić information content (AvgIpc) is 2.43. The van der Waals surface area contributed by atoms with Gasteiger partial charge in [-0.15, -0.1) is 11.3 Å². The Balaban J connectivity index is 2.73. The summed E-state index contributed by atoms with van der Waals surface area (Å²) in [5.41, 5.74) is 2.46. The molecule has 0 amide bonds. The molecule has 1 rings (SSSR count). The highest BCUT2D eigenvalue weighted by molar-refractivity contribution is 7.12. The third-order valence-corrected chi connectivity index (χ3v) is 3.12. The van der Waals surface area contributed by atoms with Crippen LogP contribution in [0.25, 0.3) is 0 Å². The molecule has 0 aromatic carbocycles. The van der Waals surface area contributed by atoms with Gasteiger partial charge >= 0.3 is 0 Å². The Labute approximate surface area is 83.2 Å². The highest BCUT2D eigenvalue weighted by Gasteiger charge is 2.07. The van der Waals surface area contributed by atoms with E-state index in [1.165, 1.54) is 11.1 Å². The van der Waals surface area contributed by atoms with Gasteiger partial charge in [-0.05, 0) is 43.9 Å². The Morgan fingerprint density at radius 3 is 2.77 bits per heavy atom. The van der Waals surface area contributed by atoms with Crippen molar-refractivity contribution in [3.8, 4) is 0 Å². The molecular weight excluding hydrogens is 182 g/mol. The third kappa shape index (κ3) is 2.64. The molecular formula is C10H15NOS. The highest BCUT2D eigenvalue weighted by atomic mass is 32.1. The van der Waals surface area contributed by atoms with Crippen LogP contribution in [0.3, 0.4) is 0 Å². The Kier molecular flexibility index (Phi) is 3.63. The predicted molar refractivity (Wildman–Crippen MR) is 56.7 cm³/mol. The van der Waals surface area contributed by atoms with Gasteiger partial charge in [0.15, 0.2) is 6.29 Å². The van der Waals surface area contributed by atoms with Gasteiger partial charge in [-0.3, -0.25) is 4.79 Å². The molecule has 0 saturated carbocycles. The van der Waals surface area contributed by atoms with E-state index in [4.69, 9.17) is 0 Å². The lowest BCUT2D eigenvalue weighted by Gasteiger charge is -2.09. The predicted octanol–water partition coefficient (Wildman–Crippen LogP) is 1.97. The van der Waals surface area contributed by atoms with Gasteiger partial charge in [0.2, 0.25) is 0 Å². The molecule has 13 heavy (non-hydrogen) atoms. The van der Waals surface area contributed by atoms with E-state index >= 15 is 0 Å². The monoisotopic (exact) mass is 197 g/mol. The fourth-order valence-corrected chi connectivity index (χ4v) is 2.15. The van der Waals surface area contributed by atoms with E-state index in [0.29, 0.717) is 0 Å². The molecule has 0 N–H and O–H groups in total. The summed E-state index contributed by atoms with van der Waals surface area (Å²) in [7, 11) is 4.09. The molecule has 0 aliphatic heterocycles. The molecule has 0 radical (unpaired) electrons. The number of nitrogens with zero attached hydrogens (tertiary/aromatic N) is 1. The first-order valence-electron chi connectivity index (χ1n) is 4.32. The summed E-state index contributed by atoms with van der Waals surface area (Å²) in [4.78, 5) is 13.7. The number of carbonyl (C=O) groups is 1. The number of thiophene rings is 1. The molecule has 1 aromatic rings. The van der Waals surface area contributed by atoms with Gasteiger partial charge in [-0.2, -0.15) is 0 Å². The van der Waals surface area contributed by atoms with E-state index in [2.05, 4.69) is 17.2 Å². The standard InChI is InChI=1S/C10H15NOS/c1-8-7-13-10(6-12)9(8)4-5-11(2)3/h6-7H,4-5H2,1-3H3. The lowest BCUT2D eigenvalue weighted by molar-refractivity contribution is 0.112. The van der Waals surface area contributed by atoms with E-state index in [1.807, 2.05) is 14.1 Å². The first-order chi connectivity index (χ1) is 6.15. The quantitative estimate of drug-likeness (QED) is 0.688. The topological polar surface area (TPSA) is 20.3 Å². The molecule has 1 heterocycles. The number of aldehydes is 1. The molecule has 0 fully saturated rings. The van der Waals surface area contributed by atoms with E-state index in [1.54, 1.807) is 11.3 Å². The SMILES string of the molecule is Cc1csc(C=O)c1CCN(C)C. The van der Waals surface area contributed by atoms with Gasteiger partial charge in [0, 0.05) is 6.54 Å². The Morgan fingerprint density at radius 2 is 2.23 bits per heavy atom. The van der Waals surface area contributed by atoms with Gasteiger partial charge in [0.1, 0.15) is 0 Å². The van der Waals surface area contributed by atoms with Crippen molar-refractivity contribution in [2.75, 3.05) is 20.6 Å². The van der Waals surface area contributed by atoms with Crippen molar-refractivity contribution in [2.24, 2.45) is 0 Å². The lowest BCUT2D eigenvalue weighted by Crippen LogP contribution is -2.15. The van der Waals surface area contributed by atoms with Gasteiger partial charge < -0.3 is 4.90 Å². The second-order valence-corrected chi connectivity index (χ2v) is 4.34. The molecule has 3 heteroatoms. The maximum absolute atomic E-state index is 10.7. The molecule has 0 saturated heterocycles. The summed E-state index contributed by atoms with van der Waals surface area (Å²) in [5.74, 6) is 0. The first-order valence-corrected chi connectivity index (χ1v) is 5.20. The minimum atomic E-state index is 0.888. The zero-order valence-electron chi connectivity index (χ0n) is 8.33. The molecule has 72 valence electrons. The Bertz CT molecular complexity index is 291. The number of hydrogen-bond acceptors (Lipinski definition) is 3. The maximum Gasteiger partial charge on any atom is 0.160 e. The smallest absolute Gasteiger partial charge is 0.160 e. The number of aryl methyl sites for hydroxylation is 1. The van der Waals surface area contributed by atoms with Crippen LogP contribution in [0.5, 0.6) is 0 Å². The van der Waals surface area contributed by atoms with Crippen molar-refractivity contribution in [3.63, 3.8) is 0 Å². The second kappa shape index (κ2) is 4.53. The van der Waals surface area contributed by atoms with Crippen molar-refractivity contribution in [2.45, 2.75) is 13.3 Å². The molecule has 0 bridgehead atoms. The number of carbonyl (C=O) groups excluding carboxylic acids is 1. The van der Waals surface area contributed by atoms with Gasteiger partial charge in [-0.1, -0.05) is 0 Å². The summed E-state index contributed by atoms with van der Waals surface area (Å²) in [6.07, 6.45) is 1.93. The Morgan fingerprint density at radius 1 is 1.54 bits per heavy atom. The second-order valence-electron chi connectivity index (χ2n) is 3.43. The van der Waals surface area contributed by atoms with Crippen LogP contribution in [0.2, 0.25) is 0 Å². The van der Waals surface area contributed by atoms with Crippen LogP contribution in [-0.4, -0.2) is 31.8 Å². The zero-order chi connectivity index (χ0) is 9.84. The van der Waals surface area contributed by atoms with Crippen LogP contribution >= 0.6 is 11.3 Å². The minimum absolute atomic E-state index is 0.888. The zero-order valence-corrected chi connectivity index (χ0v) is 9.15. The van der Waals surface area contributed by atoms with Gasteiger partial charge in [0.25, 0.3) is 0 Å². The fourth-order valence-electron chi connectivity index (χ4n) is 1.24. The maximum atomic E-state index is 10.7. The molecule has 2 nitrogen and oxygen atoms in total. The van der Waals surface area contributed by atoms with Crippen LogP contribution in [0.1, 0.15) is 20.8 Å². The van der Waals surface area contributed by atoms with Crippen molar-refractivity contribution in [1.82, 2.24) is 4.90 Å². The van der Waals surface area contributed by atoms with Crippen LogP contribution < -0.4 is 0 Å². The summed E-state index contributed by atoms with van der Waals surface area (Å²) < 4.78 is 0. The van der Waals surface area contributed by atoms with Crippen molar-refractivity contribution >= 4 is 17.6 Å². The average molecular weight is 197 g/mol. The molecule has 0 spiro atoms. The largest absolute Gasteiger partial charge is 0.309 e. The number of hydrogen-bond donors (Lipinski definition) is 0. The van der Waals surface area contributed by atoms with Gasteiger partial charge in [-0.25, -0.2) is 0 Å². The first kappa shape index (κ1) is 10.4. The normalized spacial score (nSPS) is 10.8. The van der Waals surface area contributed by atoms with E-state index in [-0.39, 0.29) is 0 Å². The summed E-state index contributed by atoms with van der Waals surface area (Å²) in [5, 5.41) is 2.05. The number of likely N-dealkylation sites (N-methyl/N-ethyl adjacent to an activating group) is 1. The molecule has 0 unspecified atom stereocenters. The summed E-state index contributed by atoms with van der Waals surface area (Å²) >= 11 is 1.54. The van der Waals surface area contributed by atoms with Crippen LogP contribution in [0, 0.1) is 6.92 Å². The van der Waals surface area contributed by atoms with Crippen molar-refractivity contribution in [3.05, 3.63) is 21.4 Å². The van der Waals surface area contributed by atoms with Gasteiger partial charge in [0.05, 0.1) is 4.88 Å². The summed E-state index contributed by atoms with van der Waals surface area (Å²) in [6.45, 7) is 3.06.